The molecule has 1 aromatic heterocycles. The van der Waals surface area contributed by atoms with E-state index in [1.54, 1.807) is 12.1 Å². The molecule has 1 aliphatic rings. The lowest BCUT2D eigenvalue weighted by atomic mass is 10.0. The van der Waals surface area contributed by atoms with Crippen molar-refractivity contribution in [3.05, 3.63) is 53.1 Å². The highest BCUT2D eigenvalue weighted by atomic mass is 19.4. The Balaban J connectivity index is 1.67. The number of hydrogen-bond donors (Lipinski definition) is 0. The smallest absolute Gasteiger partial charge is 0.371 e. The molecule has 0 aliphatic carbocycles. The maximum Gasteiger partial charge on any atom is 0.416 e. The van der Waals surface area contributed by atoms with E-state index in [9.17, 15) is 31.1 Å². The second-order valence-corrected chi connectivity index (χ2v) is 7.25. The number of anilines is 1. The first-order chi connectivity index (χ1) is 15.1. The number of nitrogens with zero attached hydrogens (tertiary/aromatic N) is 3. The van der Waals surface area contributed by atoms with Gasteiger partial charge in [-0.25, -0.2) is 0 Å². The SMILES string of the molecule is O=CCCN1CCc2cc(-c3noc(-c4cc(C(F)(F)F)cc(C(F)(F)F)c4)n3)ccc21. The van der Waals surface area contributed by atoms with Crippen molar-refractivity contribution < 1.29 is 35.7 Å². The van der Waals surface area contributed by atoms with Gasteiger partial charge in [-0.05, 0) is 48.4 Å². The quantitative estimate of drug-likeness (QED) is 0.381. The third-order valence-corrected chi connectivity index (χ3v) is 5.11. The van der Waals surface area contributed by atoms with Crippen LogP contribution < -0.4 is 4.90 Å². The molecule has 1 aliphatic heterocycles. The van der Waals surface area contributed by atoms with Gasteiger partial charge in [-0.2, -0.15) is 31.3 Å². The second-order valence-electron chi connectivity index (χ2n) is 7.25. The molecule has 0 bridgehead atoms. The molecular formula is C21H15F6N3O2. The molecule has 0 fully saturated rings. The molecule has 0 radical (unpaired) electrons. The fourth-order valence-electron chi connectivity index (χ4n) is 3.59. The molecule has 0 atom stereocenters. The van der Waals surface area contributed by atoms with Crippen LogP contribution in [0.4, 0.5) is 32.0 Å². The van der Waals surface area contributed by atoms with E-state index < -0.39 is 34.9 Å². The molecule has 0 unspecified atom stereocenters. The molecule has 4 rings (SSSR count). The Morgan fingerprint density at radius 3 is 2.28 bits per heavy atom. The van der Waals surface area contributed by atoms with Gasteiger partial charge in [0.25, 0.3) is 5.89 Å². The zero-order chi connectivity index (χ0) is 23.1. The lowest BCUT2D eigenvalue weighted by Gasteiger charge is -2.17. The summed E-state index contributed by atoms with van der Waals surface area (Å²) in [5.74, 6) is -0.412. The Morgan fingerprint density at radius 1 is 0.969 bits per heavy atom. The van der Waals surface area contributed by atoms with Gasteiger partial charge < -0.3 is 14.2 Å². The number of fused-ring (bicyclic) bond motifs is 1. The summed E-state index contributed by atoms with van der Waals surface area (Å²) in [5, 5.41) is 3.73. The van der Waals surface area contributed by atoms with E-state index in [2.05, 4.69) is 15.0 Å². The molecule has 11 heteroatoms. The van der Waals surface area contributed by atoms with Crippen LogP contribution in [0.5, 0.6) is 0 Å². The average molecular weight is 455 g/mol. The Kier molecular flexibility index (Phi) is 5.43. The summed E-state index contributed by atoms with van der Waals surface area (Å²) in [6.45, 7) is 1.31. The summed E-state index contributed by atoms with van der Waals surface area (Å²) in [7, 11) is 0. The fourth-order valence-corrected chi connectivity index (χ4v) is 3.59. The normalized spacial score (nSPS) is 14.0. The summed E-state index contributed by atoms with van der Waals surface area (Å²) < 4.78 is 83.6. The van der Waals surface area contributed by atoms with Crippen molar-refractivity contribution in [1.29, 1.82) is 0 Å². The van der Waals surface area contributed by atoms with Crippen molar-refractivity contribution in [3.8, 4) is 22.8 Å². The summed E-state index contributed by atoms with van der Waals surface area (Å²) in [6, 6.07) is 6.40. The second kappa shape index (κ2) is 7.95. The molecule has 0 spiro atoms. The van der Waals surface area contributed by atoms with E-state index in [0.29, 0.717) is 30.7 Å². The van der Waals surface area contributed by atoms with Crippen LogP contribution >= 0.6 is 0 Å². The Labute approximate surface area is 177 Å². The Bertz CT molecular complexity index is 1120. The van der Waals surface area contributed by atoms with E-state index in [1.807, 2.05) is 6.07 Å². The van der Waals surface area contributed by atoms with E-state index in [0.717, 1.165) is 30.5 Å². The van der Waals surface area contributed by atoms with Crippen LogP contribution in [0.3, 0.4) is 0 Å². The summed E-state index contributed by atoms with van der Waals surface area (Å²) in [6.07, 6.45) is -8.00. The molecule has 168 valence electrons. The van der Waals surface area contributed by atoms with Gasteiger partial charge in [0.05, 0.1) is 11.1 Å². The van der Waals surface area contributed by atoms with Gasteiger partial charge in [-0.1, -0.05) is 5.16 Å². The summed E-state index contributed by atoms with van der Waals surface area (Å²) in [5.41, 5.74) is -0.971. The first kappa shape index (κ1) is 21.8. The number of aromatic nitrogens is 2. The van der Waals surface area contributed by atoms with Crippen molar-refractivity contribution in [2.24, 2.45) is 0 Å². The van der Waals surface area contributed by atoms with Crippen molar-refractivity contribution in [3.63, 3.8) is 0 Å². The van der Waals surface area contributed by atoms with Crippen molar-refractivity contribution in [2.45, 2.75) is 25.2 Å². The number of rotatable bonds is 5. The predicted molar refractivity (Wildman–Crippen MR) is 102 cm³/mol. The van der Waals surface area contributed by atoms with Gasteiger partial charge in [-0.15, -0.1) is 0 Å². The third kappa shape index (κ3) is 4.32. The lowest BCUT2D eigenvalue weighted by Crippen LogP contribution is -2.21. The molecule has 0 saturated carbocycles. The zero-order valence-corrected chi connectivity index (χ0v) is 16.3. The standard InChI is InChI=1S/C21H15F6N3O2/c22-20(23,24)15-9-14(10-16(11-15)21(25,26)27)19-28-18(29-32-19)13-2-3-17-12(8-13)4-6-30(17)5-1-7-31/h2-3,7-11H,1,4-6H2. The molecule has 2 heterocycles. The van der Waals surface area contributed by atoms with Crippen molar-refractivity contribution >= 4 is 12.0 Å². The van der Waals surface area contributed by atoms with Crippen LogP contribution in [-0.4, -0.2) is 29.5 Å². The van der Waals surface area contributed by atoms with Gasteiger partial charge in [-0.3, -0.25) is 0 Å². The monoisotopic (exact) mass is 455 g/mol. The van der Waals surface area contributed by atoms with Crippen LogP contribution in [0, 0.1) is 0 Å². The number of carbonyl (C=O) groups excluding carboxylic acids is 1. The highest BCUT2D eigenvalue weighted by molar-refractivity contribution is 5.68. The van der Waals surface area contributed by atoms with Crippen molar-refractivity contribution in [2.75, 3.05) is 18.0 Å². The van der Waals surface area contributed by atoms with Crippen LogP contribution in [-0.2, 0) is 23.6 Å². The van der Waals surface area contributed by atoms with Gasteiger partial charge in [0.15, 0.2) is 0 Å². The maximum atomic E-state index is 13.1. The van der Waals surface area contributed by atoms with Gasteiger partial charge in [0, 0.05) is 36.3 Å². The summed E-state index contributed by atoms with van der Waals surface area (Å²) in [4.78, 5) is 16.7. The summed E-state index contributed by atoms with van der Waals surface area (Å²) >= 11 is 0. The minimum atomic E-state index is -4.98. The van der Waals surface area contributed by atoms with Gasteiger partial charge in [0.1, 0.15) is 6.29 Å². The van der Waals surface area contributed by atoms with E-state index >= 15 is 0 Å². The van der Waals surface area contributed by atoms with E-state index in [1.165, 1.54) is 0 Å². The molecule has 0 amide bonds. The van der Waals surface area contributed by atoms with Crippen LogP contribution in [0.25, 0.3) is 22.8 Å². The largest absolute Gasteiger partial charge is 0.416 e. The molecule has 5 nitrogen and oxygen atoms in total. The predicted octanol–water partition coefficient (Wildman–Crippen LogP) is 5.39. The molecule has 3 aromatic rings. The van der Waals surface area contributed by atoms with Gasteiger partial charge in [0.2, 0.25) is 5.82 Å². The highest BCUT2D eigenvalue weighted by Crippen LogP contribution is 2.39. The third-order valence-electron chi connectivity index (χ3n) is 5.11. The number of alkyl halides is 6. The Hall–Kier alpha value is -3.37. The average Bonchev–Trinajstić information content (AvgIpc) is 3.37. The molecule has 0 saturated heterocycles. The molecule has 32 heavy (non-hydrogen) atoms. The molecule has 0 N–H and O–H groups in total. The van der Waals surface area contributed by atoms with E-state index in [-0.39, 0.29) is 11.9 Å². The highest BCUT2D eigenvalue weighted by Gasteiger charge is 2.37. The first-order valence-electron chi connectivity index (χ1n) is 9.52. The lowest BCUT2D eigenvalue weighted by molar-refractivity contribution is -0.143. The number of benzene rings is 2. The zero-order valence-electron chi connectivity index (χ0n) is 16.3. The minimum Gasteiger partial charge on any atom is -0.371 e. The minimum absolute atomic E-state index is 0.0393. The van der Waals surface area contributed by atoms with Gasteiger partial charge >= 0.3 is 12.4 Å². The molecular weight excluding hydrogens is 440 g/mol. The molecule has 2 aromatic carbocycles. The topological polar surface area (TPSA) is 59.2 Å². The fraction of sp³-hybridized carbons (Fsp3) is 0.286. The number of aldehydes is 1. The Morgan fingerprint density at radius 2 is 1.66 bits per heavy atom. The van der Waals surface area contributed by atoms with Crippen molar-refractivity contribution in [1.82, 2.24) is 10.1 Å². The number of carbonyl (C=O) groups is 1. The van der Waals surface area contributed by atoms with E-state index in [4.69, 9.17) is 4.52 Å². The van der Waals surface area contributed by atoms with Crippen LogP contribution in [0.1, 0.15) is 23.1 Å². The number of hydrogen-bond acceptors (Lipinski definition) is 5. The first-order valence-corrected chi connectivity index (χ1v) is 9.52. The van der Waals surface area contributed by atoms with Crippen LogP contribution in [0.15, 0.2) is 40.9 Å². The number of halogens is 6. The maximum absolute atomic E-state index is 13.1. The van der Waals surface area contributed by atoms with Crippen LogP contribution in [0.2, 0.25) is 0 Å².